The quantitative estimate of drug-likeness (QED) is 0.711. The zero-order chi connectivity index (χ0) is 14.1. The Morgan fingerprint density at radius 3 is 2.65 bits per heavy atom. The van der Waals surface area contributed by atoms with Gasteiger partial charge < -0.3 is 0 Å². The fraction of sp³-hybridized carbons (Fsp3) is 0.222. The first-order chi connectivity index (χ1) is 9.70. The van der Waals surface area contributed by atoms with E-state index in [0.29, 0.717) is 6.54 Å². The molecular weight excluding hydrogens is 409 g/mol. The van der Waals surface area contributed by atoms with E-state index in [4.69, 9.17) is 5.73 Å². The molecule has 0 bridgehead atoms. The molecular formula is C18H20HfN. The molecule has 2 aromatic rings. The van der Waals surface area contributed by atoms with E-state index in [1.807, 2.05) is 0 Å². The molecule has 0 amide bonds. The molecule has 1 atom stereocenters. The summed E-state index contributed by atoms with van der Waals surface area (Å²) in [6.07, 6.45) is 4.77. The second kappa shape index (κ2) is 5.79. The predicted molar refractivity (Wildman–Crippen MR) is 83.3 cm³/mol. The number of allylic oxidation sites excluding steroid dienone is 1. The number of hydrogen-bond donors (Lipinski definition) is 1. The summed E-state index contributed by atoms with van der Waals surface area (Å²) in [4.78, 5) is 0. The summed E-state index contributed by atoms with van der Waals surface area (Å²) in [6.45, 7) is 0.601. The Morgan fingerprint density at radius 1 is 1.10 bits per heavy atom. The Kier molecular flexibility index (Phi) is 4.04. The van der Waals surface area contributed by atoms with Gasteiger partial charge in [0.05, 0.1) is 0 Å². The van der Waals surface area contributed by atoms with E-state index < -0.39 is 21.4 Å². The second-order valence-electron chi connectivity index (χ2n) is 5.63. The Morgan fingerprint density at radius 2 is 1.90 bits per heavy atom. The molecule has 0 radical (unpaired) electrons. The number of benzene rings is 2. The van der Waals surface area contributed by atoms with Crippen molar-refractivity contribution in [3.05, 3.63) is 65.2 Å². The predicted octanol–water partition coefficient (Wildman–Crippen LogP) is 4.59. The van der Waals surface area contributed by atoms with Gasteiger partial charge in [0.2, 0.25) is 0 Å². The summed E-state index contributed by atoms with van der Waals surface area (Å²) >= 11 is -1.41. The van der Waals surface area contributed by atoms with Gasteiger partial charge in [-0.3, -0.25) is 0 Å². The van der Waals surface area contributed by atoms with Gasteiger partial charge in [0.1, 0.15) is 0 Å². The number of hydrogen-bond acceptors (Lipinski definition) is 1. The molecule has 0 fully saturated rings. The molecule has 1 nitrogen and oxygen atoms in total. The van der Waals surface area contributed by atoms with Crippen LogP contribution in [0.25, 0.3) is 17.2 Å². The van der Waals surface area contributed by atoms with Crippen LogP contribution in [-0.2, 0) is 28.0 Å². The van der Waals surface area contributed by atoms with Crippen LogP contribution in [0.3, 0.4) is 0 Å². The molecule has 2 heteroatoms. The summed E-state index contributed by atoms with van der Waals surface area (Å²) in [5, 5.41) is 0. The van der Waals surface area contributed by atoms with E-state index in [1.165, 1.54) is 22.3 Å². The van der Waals surface area contributed by atoms with Crippen LogP contribution >= 0.6 is 0 Å². The van der Waals surface area contributed by atoms with Crippen LogP contribution in [0.15, 0.2) is 48.5 Å². The van der Waals surface area contributed by atoms with Crippen molar-refractivity contribution >= 4 is 6.08 Å². The zero-order valence-electron chi connectivity index (χ0n) is 12.1. The zero-order valence-corrected chi connectivity index (χ0v) is 15.7. The third kappa shape index (κ3) is 2.47. The van der Waals surface area contributed by atoms with Crippen molar-refractivity contribution in [3.8, 4) is 11.1 Å². The average molecular weight is 429 g/mol. The molecule has 2 aromatic carbocycles. The monoisotopic (exact) mass is 430 g/mol. The molecule has 0 saturated heterocycles. The Labute approximate surface area is 129 Å². The van der Waals surface area contributed by atoms with Gasteiger partial charge in [0.25, 0.3) is 0 Å². The van der Waals surface area contributed by atoms with Crippen molar-refractivity contribution in [3.63, 3.8) is 0 Å². The van der Waals surface area contributed by atoms with Gasteiger partial charge in [-0.05, 0) is 0 Å². The third-order valence-corrected chi connectivity index (χ3v) is 10.3. The average Bonchev–Trinajstić information content (AvgIpc) is 2.91. The fourth-order valence-corrected chi connectivity index (χ4v) is 7.82. The number of nitrogens with two attached hydrogens (primary N) is 1. The number of rotatable bonds is 3. The van der Waals surface area contributed by atoms with Gasteiger partial charge in [-0.15, -0.1) is 0 Å². The molecule has 101 valence electrons. The van der Waals surface area contributed by atoms with E-state index >= 15 is 0 Å². The molecule has 1 aliphatic rings. The molecule has 0 spiro atoms. The summed E-state index contributed by atoms with van der Waals surface area (Å²) < 4.78 is 5.75. The fourth-order valence-electron chi connectivity index (χ4n) is 2.96. The molecule has 2 N–H and O–H groups in total. The minimum atomic E-state index is -1.41. The topological polar surface area (TPSA) is 26.0 Å². The summed E-state index contributed by atoms with van der Waals surface area (Å²) in [5.74, 6) is 0. The maximum atomic E-state index is 5.77. The molecule has 20 heavy (non-hydrogen) atoms. The van der Waals surface area contributed by atoms with Crippen molar-refractivity contribution in [2.75, 3.05) is 0 Å². The summed E-state index contributed by atoms with van der Waals surface area (Å²) in [5.41, 5.74) is 12.6. The van der Waals surface area contributed by atoms with E-state index in [-0.39, 0.29) is 0 Å². The normalized spacial score (nSPS) is 16.2. The molecule has 1 aliphatic carbocycles. The first-order valence-electron chi connectivity index (χ1n) is 7.11. The Hall–Kier alpha value is -0.990. The van der Waals surface area contributed by atoms with Gasteiger partial charge in [0.15, 0.2) is 0 Å². The molecule has 0 aromatic heterocycles. The van der Waals surface area contributed by atoms with Gasteiger partial charge in [-0.1, -0.05) is 0 Å². The van der Waals surface area contributed by atoms with Crippen LogP contribution in [0.4, 0.5) is 0 Å². The van der Waals surface area contributed by atoms with Crippen molar-refractivity contribution in [2.24, 2.45) is 5.73 Å². The van der Waals surface area contributed by atoms with E-state index in [0.717, 1.165) is 3.67 Å². The maximum absolute atomic E-state index is 5.77. The number of fused-ring (bicyclic) bond motifs is 1. The van der Waals surface area contributed by atoms with Crippen LogP contribution in [-0.4, -0.2) is 0 Å². The van der Waals surface area contributed by atoms with Crippen LogP contribution in [0.5, 0.6) is 0 Å². The van der Waals surface area contributed by atoms with Gasteiger partial charge >= 0.3 is 129 Å². The Balaban J connectivity index is 2.10. The standard InChI is InChI=1S/C16H14N.2CH3.Hf/c17-11-12-4-1-7-14(10-12)16-9-3-6-13-5-2-8-15(13)16;;;/h1-10H,11,17H2;2*1H3;. The van der Waals surface area contributed by atoms with Crippen LogP contribution in [0, 0.1) is 0 Å². The van der Waals surface area contributed by atoms with Crippen molar-refractivity contribution in [1.29, 1.82) is 0 Å². The molecule has 1 unspecified atom stereocenters. The van der Waals surface area contributed by atoms with Crippen molar-refractivity contribution in [2.45, 2.75) is 19.6 Å². The van der Waals surface area contributed by atoms with Gasteiger partial charge in [-0.2, -0.15) is 0 Å². The molecule has 3 rings (SSSR count). The SMILES string of the molecule is [CH3][Hf]([CH3])[CH]1C=Cc2c(-c3cccc(CN)c3)cccc21. The third-order valence-electron chi connectivity index (χ3n) is 4.03. The minimum absolute atomic E-state index is 0.601. The first kappa shape index (κ1) is 14.0. The van der Waals surface area contributed by atoms with E-state index in [1.54, 1.807) is 5.56 Å². The van der Waals surface area contributed by atoms with Crippen LogP contribution in [0.1, 0.15) is 20.4 Å². The van der Waals surface area contributed by atoms with Crippen LogP contribution in [0.2, 0.25) is 9.36 Å². The molecule has 0 aliphatic heterocycles. The molecule has 0 heterocycles. The van der Waals surface area contributed by atoms with Crippen molar-refractivity contribution in [1.82, 2.24) is 0 Å². The second-order valence-corrected chi connectivity index (χ2v) is 15.6. The van der Waals surface area contributed by atoms with E-state index in [2.05, 4.69) is 64.0 Å². The van der Waals surface area contributed by atoms with Crippen molar-refractivity contribution < 1.29 is 21.4 Å². The van der Waals surface area contributed by atoms with Crippen LogP contribution < -0.4 is 5.73 Å². The summed E-state index contributed by atoms with van der Waals surface area (Å²) in [7, 11) is 0. The summed E-state index contributed by atoms with van der Waals surface area (Å²) in [6, 6.07) is 15.4. The first-order valence-corrected chi connectivity index (χ1v) is 16.4. The van der Waals surface area contributed by atoms with E-state index in [9.17, 15) is 0 Å². The Bertz CT molecular complexity index is 658. The van der Waals surface area contributed by atoms with Gasteiger partial charge in [-0.25, -0.2) is 0 Å². The van der Waals surface area contributed by atoms with Gasteiger partial charge in [0, 0.05) is 0 Å². The molecule has 0 saturated carbocycles.